The van der Waals surface area contributed by atoms with Gasteiger partial charge in [0, 0.05) is 19.5 Å². The van der Waals surface area contributed by atoms with E-state index in [9.17, 15) is 4.79 Å². The zero-order valence-corrected chi connectivity index (χ0v) is 31.2. The van der Waals surface area contributed by atoms with Crippen LogP contribution in [0.3, 0.4) is 0 Å². The molecule has 264 valence electrons. The van der Waals surface area contributed by atoms with E-state index in [2.05, 4.69) is 25.7 Å². The van der Waals surface area contributed by atoms with Gasteiger partial charge in [-0.2, -0.15) is 0 Å². The predicted molar refractivity (Wildman–Crippen MR) is 200 cm³/mol. The number of unbranched alkanes of at least 4 members (excludes halogenated alkanes) is 32. The second-order valence-electron chi connectivity index (χ2n) is 14.4. The van der Waals surface area contributed by atoms with Gasteiger partial charge in [-0.1, -0.05) is 226 Å². The first-order valence-corrected chi connectivity index (χ1v) is 21.0. The second kappa shape index (κ2) is 38.7. The first-order chi connectivity index (χ1) is 21.8. The van der Waals surface area contributed by atoms with E-state index < -0.39 is 0 Å². The summed E-state index contributed by atoms with van der Waals surface area (Å²) < 4.78 is 0. The molecule has 0 aliphatic rings. The van der Waals surface area contributed by atoms with Gasteiger partial charge in [-0.3, -0.25) is 4.79 Å². The van der Waals surface area contributed by atoms with Gasteiger partial charge in [0.1, 0.15) is 0 Å². The van der Waals surface area contributed by atoms with E-state index in [4.69, 9.17) is 0 Å². The van der Waals surface area contributed by atoms with Crippen LogP contribution in [0.15, 0.2) is 0 Å². The summed E-state index contributed by atoms with van der Waals surface area (Å²) >= 11 is 0. The number of amides is 1. The van der Waals surface area contributed by atoms with Crippen LogP contribution in [0, 0.1) is 0 Å². The summed E-state index contributed by atoms with van der Waals surface area (Å²) in [4.78, 5) is 15.2. The lowest BCUT2D eigenvalue weighted by atomic mass is 10.0. The number of carbonyl (C=O) groups is 1. The molecule has 0 radical (unpaired) electrons. The minimum atomic E-state index is 0.431. The minimum absolute atomic E-state index is 0.431. The highest BCUT2D eigenvalue weighted by atomic mass is 16.2. The number of hydrogen-bond acceptors (Lipinski definition) is 1. The minimum Gasteiger partial charge on any atom is -0.343 e. The lowest BCUT2D eigenvalue weighted by Gasteiger charge is -2.23. The molecule has 0 fully saturated rings. The molecule has 2 nitrogen and oxygen atoms in total. The SMILES string of the molecule is CCCCCCCCCCCCCCCCCCN(CCCCCCCCCCCCCCCCCC)C(=O)CCCCC. The number of rotatable bonds is 38. The van der Waals surface area contributed by atoms with Gasteiger partial charge in [-0.25, -0.2) is 0 Å². The van der Waals surface area contributed by atoms with Gasteiger partial charge in [0.2, 0.25) is 5.91 Å². The Labute approximate surface area is 280 Å². The average molecular weight is 620 g/mol. The molecule has 0 aliphatic carbocycles. The molecule has 44 heavy (non-hydrogen) atoms. The largest absolute Gasteiger partial charge is 0.343 e. The molecule has 2 heteroatoms. The third-order valence-electron chi connectivity index (χ3n) is 9.91. The molecule has 0 saturated carbocycles. The summed E-state index contributed by atoms with van der Waals surface area (Å²) in [5, 5.41) is 0. The van der Waals surface area contributed by atoms with Gasteiger partial charge in [0.05, 0.1) is 0 Å². The van der Waals surface area contributed by atoms with Crippen LogP contribution in [-0.4, -0.2) is 23.9 Å². The van der Waals surface area contributed by atoms with Crippen LogP contribution in [0.5, 0.6) is 0 Å². The first kappa shape index (κ1) is 43.5. The van der Waals surface area contributed by atoms with Gasteiger partial charge in [-0.15, -0.1) is 0 Å². The summed E-state index contributed by atoms with van der Waals surface area (Å²) in [5.41, 5.74) is 0. The van der Waals surface area contributed by atoms with E-state index in [1.165, 1.54) is 218 Å². The Morgan fingerprint density at radius 1 is 0.295 bits per heavy atom. The van der Waals surface area contributed by atoms with Crippen LogP contribution >= 0.6 is 0 Å². The highest BCUT2D eigenvalue weighted by molar-refractivity contribution is 5.76. The Morgan fingerprint density at radius 2 is 0.500 bits per heavy atom. The van der Waals surface area contributed by atoms with Crippen molar-refractivity contribution in [3.63, 3.8) is 0 Å². The summed E-state index contributed by atoms with van der Waals surface area (Å²) in [5.74, 6) is 0.431. The van der Waals surface area contributed by atoms with Gasteiger partial charge in [0.15, 0.2) is 0 Å². The van der Waals surface area contributed by atoms with Crippen molar-refractivity contribution in [1.82, 2.24) is 4.90 Å². The van der Waals surface area contributed by atoms with Crippen LogP contribution in [0.25, 0.3) is 0 Å². The molecule has 0 aromatic carbocycles. The Hall–Kier alpha value is -0.530. The van der Waals surface area contributed by atoms with Crippen LogP contribution < -0.4 is 0 Å². The normalized spacial score (nSPS) is 11.4. The van der Waals surface area contributed by atoms with Crippen molar-refractivity contribution >= 4 is 5.91 Å². The van der Waals surface area contributed by atoms with E-state index in [0.717, 1.165) is 25.9 Å². The molecule has 0 rings (SSSR count). The Morgan fingerprint density at radius 3 is 0.750 bits per heavy atom. The van der Waals surface area contributed by atoms with Crippen molar-refractivity contribution in [2.75, 3.05) is 13.1 Å². The number of hydrogen-bond donors (Lipinski definition) is 0. The molecule has 0 aliphatic heterocycles. The van der Waals surface area contributed by atoms with E-state index in [1.807, 2.05) is 0 Å². The third-order valence-corrected chi connectivity index (χ3v) is 9.91. The van der Waals surface area contributed by atoms with Crippen LogP contribution in [0.1, 0.15) is 252 Å². The van der Waals surface area contributed by atoms with Crippen molar-refractivity contribution in [3.8, 4) is 0 Å². The summed E-state index contributed by atoms with van der Waals surface area (Å²) in [6, 6.07) is 0. The predicted octanol–water partition coefficient (Wildman–Crippen LogP) is 14.9. The Balaban J connectivity index is 3.73. The fourth-order valence-electron chi connectivity index (χ4n) is 6.75. The van der Waals surface area contributed by atoms with Crippen molar-refractivity contribution in [2.24, 2.45) is 0 Å². The lowest BCUT2D eigenvalue weighted by molar-refractivity contribution is -0.131. The van der Waals surface area contributed by atoms with Gasteiger partial charge < -0.3 is 4.90 Å². The summed E-state index contributed by atoms with van der Waals surface area (Å²) in [6.45, 7) is 8.84. The molecule has 0 unspecified atom stereocenters. The van der Waals surface area contributed by atoms with Gasteiger partial charge in [0.25, 0.3) is 0 Å². The molecule has 0 aromatic rings. The smallest absolute Gasteiger partial charge is 0.222 e. The molecule has 1 amide bonds. The monoisotopic (exact) mass is 620 g/mol. The van der Waals surface area contributed by atoms with Crippen LogP contribution in [0.2, 0.25) is 0 Å². The van der Waals surface area contributed by atoms with Gasteiger partial charge >= 0.3 is 0 Å². The average Bonchev–Trinajstić information content (AvgIpc) is 3.03. The molecule has 0 heterocycles. The quantitative estimate of drug-likeness (QED) is 0.0630. The van der Waals surface area contributed by atoms with Crippen molar-refractivity contribution in [3.05, 3.63) is 0 Å². The zero-order valence-electron chi connectivity index (χ0n) is 31.2. The fraction of sp³-hybridized carbons (Fsp3) is 0.976. The third kappa shape index (κ3) is 34.3. The van der Waals surface area contributed by atoms with E-state index in [0.29, 0.717) is 5.91 Å². The fourth-order valence-corrected chi connectivity index (χ4v) is 6.75. The molecule has 0 aromatic heterocycles. The summed E-state index contributed by atoms with van der Waals surface area (Å²) in [6.07, 6.45) is 49.2. The Kier molecular flexibility index (Phi) is 38.2. The number of carbonyl (C=O) groups excluding carboxylic acids is 1. The lowest BCUT2D eigenvalue weighted by Crippen LogP contribution is -2.32. The molecule has 0 spiro atoms. The molecular formula is C42H85NO. The maximum atomic E-state index is 12.9. The zero-order chi connectivity index (χ0) is 32.0. The highest BCUT2D eigenvalue weighted by Crippen LogP contribution is 2.16. The van der Waals surface area contributed by atoms with Crippen LogP contribution in [-0.2, 0) is 4.79 Å². The maximum Gasteiger partial charge on any atom is 0.222 e. The van der Waals surface area contributed by atoms with Crippen molar-refractivity contribution in [2.45, 2.75) is 252 Å². The Bertz CT molecular complexity index is 496. The second-order valence-corrected chi connectivity index (χ2v) is 14.4. The molecule has 0 saturated heterocycles. The molecule has 0 bridgehead atoms. The maximum absolute atomic E-state index is 12.9. The van der Waals surface area contributed by atoms with E-state index in [-0.39, 0.29) is 0 Å². The molecular weight excluding hydrogens is 534 g/mol. The van der Waals surface area contributed by atoms with Crippen LogP contribution in [0.4, 0.5) is 0 Å². The highest BCUT2D eigenvalue weighted by Gasteiger charge is 2.12. The topological polar surface area (TPSA) is 20.3 Å². The number of nitrogens with zero attached hydrogens (tertiary/aromatic N) is 1. The van der Waals surface area contributed by atoms with Crippen molar-refractivity contribution < 1.29 is 4.79 Å². The standard InChI is InChI=1S/C42H85NO/c1-4-7-10-12-14-16-18-20-22-24-26-28-30-32-34-37-40-43(42(44)39-36-9-6-3)41-38-35-33-31-29-27-25-23-21-19-17-15-13-11-8-5-2/h4-41H2,1-3H3. The summed E-state index contributed by atoms with van der Waals surface area (Å²) in [7, 11) is 0. The molecule has 0 atom stereocenters. The van der Waals surface area contributed by atoms with Crippen molar-refractivity contribution in [1.29, 1.82) is 0 Å². The first-order valence-electron chi connectivity index (χ1n) is 21.0. The van der Waals surface area contributed by atoms with E-state index >= 15 is 0 Å². The van der Waals surface area contributed by atoms with E-state index in [1.54, 1.807) is 0 Å². The molecule has 0 N–H and O–H groups in total. The van der Waals surface area contributed by atoms with Gasteiger partial charge in [-0.05, 0) is 19.3 Å².